The second-order valence-electron chi connectivity index (χ2n) is 4.96. The number of halogens is 1. The Labute approximate surface area is 123 Å². The standard InChI is InChI=1S/C13H14FN3O5/c1-7-5-17(12(21)16-11(7)20)13(10(14)2-3-15)4-8(19)9(6-18)22-13/h2,5,8-9,18-19H,4,6H2,1H3,(H,16,20,21)/b10-2-/t8-,9+,13-/m0/s1. The summed E-state index contributed by atoms with van der Waals surface area (Å²) in [7, 11) is 0. The average molecular weight is 311 g/mol. The lowest BCUT2D eigenvalue weighted by atomic mass is 10.0. The van der Waals surface area contributed by atoms with Gasteiger partial charge in [-0.3, -0.25) is 14.3 Å². The van der Waals surface area contributed by atoms with Crippen molar-refractivity contribution < 1.29 is 19.3 Å². The van der Waals surface area contributed by atoms with Crippen molar-refractivity contribution >= 4 is 0 Å². The van der Waals surface area contributed by atoms with E-state index in [1.165, 1.54) is 13.0 Å². The van der Waals surface area contributed by atoms with Crippen molar-refractivity contribution in [2.45, 2.75) is 31.3 Å². The third-order valence-corrected chi connectivity index (χ3v) is 3.52. The van der Waals surface area contributed by atoms with Crippen LogP contribution in [-0.2, 0) is 10.5 Å². The molecule has 9 heteroatoms. The molecule has 0 aromatic carbocycles. The number of nitriles is 1. The number of aliphatic hydroxyl groups excluding tert-OH is 2. The normalized spacial score (nSPS) is 28.6. The SMILES string of the molecule is Cc1cn([C@@]2(/C(F)=C/C#N)C[C@H](O)[C@@H](CO)O2)c(=O)[nH]c1=O. The highest BCUT2D eigenvalue weighted by molar-refractivity contribution is 5.19. The van der Waals surface area contributed by atoms with Gasteiger partial charge in [0.05, 0.1) is 24.9 Å². The highest BCUT2D eigenvalue weighted by atomic mass is 19.1. The van der Waals surface area contributed by atoms with Crippen molar-refractivity contribution in [1.82, 2.24) is 9.55 Å². The van der Waals surface area contributed by atoms with Crippen LogP contribution in [0.1, 0.15) is 12.0 Å². The summed E-state index contributed by atoms with van der Waals surface area (Å²) in [6, 6.07) is 1.48. The molecule has 3 N–H and O–H groups in total. The third kappa shape index (κ3) is 2.48. The molecule has 1 aliphatic rings. The number of H-pyrrole nitrogens is 1. The smallest absolute Gasteiger partial charge is 0.331 e. The van der Waals surface area contributed by atoms with Crippen LogP contribution in [0.25, 0.3) is 0 Å². The van der Waals surface area contributed by atoms with Gasteiger partial charge in [-0.2, -0.15) is 5.26 Å². The molecule has 1 aromatic heterocycles. The zero-order valence-electron chi connectivity index (χ0n) is 11.6. The van der Waals surface area contributed by atoms with Crippen LogP contribution in [0.2, 0.25) is 0 Å². The molecule has 1 fully saturated rings. The Morgan fingerprint density at radius 1 is 1.73 bits per heavy atom. The maximum absolute atomic E-state index is 14.4. The molecule has 0 spiro atoms. The number of aryl methyl sites for hydroxylation is 1. The molecule has 22 heavy (non-hydrogen) atoms. The van der Waals surface area contributed by atoms with Crippen molar-refractivity contribution in [1.29, 1.82) is 5.26 Å². The number of nitrogens with zero attached hydrogens (tertiary/aromatic N) is 2. The Morgan fingerprint density at radius 2 is 2.41 bits per heavy atom. The van der Waals surface area contributed by atoms with Gasteiger partial charge in [-0.25, -0.2) is 9.18 Å². The first-order valence-corrected chi connectivity index (χ1v) is 6.41. The summed E-state index contributed by atoms with van der Waals surface area (Å²) < 4.78 is 20.5. The first kappa shape index (κ1) is 16.1. The van der Waals surface area contributed by atoms with Crippen molar-refractivity contribution in [3.05, 3.63) is 44.5 Å². The molecule has 2 rings (SSSR count). The summed E-state index contributed by atoms with van der Waals surface area (Å²) in [4.78, 5) is 25.4. The fourth-order valence-electron chi connectivity index (χ4n) is 2.38. The van der Waals surface area contributed by atoms with Gasteiger partial charge in [-0.15, -0.1) is 0 Å². The van der Waals surface area contributed by atoms with Gasteiger partial charge in [0.2, 0.25) is 5.72 Å². The van der Waals surface area contributed by atoms with Gasteiger partial charge in [0.1, 0.15) is 6.10 Å². The molecule has 1 aliphatic heterocycles. The summed E-state index contributed by atoms with van der Waals surface area (Å²) in [5.74, 6) is -1.11. The van der Waals surface area contributed by atoms with Crippen LogP contribution in [0.4, 0.5) is 4.39 Å². The van der Waals surface area contributed by atoms with Gasteiger partial charge in [-0.05, 0) is 6.92 Å². The van der Waals surface area contributed by atoms with Crippen LogP contribution in [0.15, 0.2) is 27.7 Å². The highest BCUT2D eigenvalue weighted by Gasteiger charge is 2.51. The maximum Gasteiger partial charge on any atom is 0.331 e. The number of hydrogen-bond acceptors (Lipinski definition) is 6. The lowest BCUT2D eigenvalue weighted by Crippen LogP contribution is -2.45. The molecule has 2 heterocycles. The van der Waals surface area contributed by atoms with E-state index in [0.29, 0.717) is 6.08 Å². The predicted octanol–water partition coefficient (Wildman–Crippen LogP) is -0.983. The monoisotopic (exact) mass is 311 g/mol. The van der Waals surface area contributed by atoms with Crippen molar-refractivity contribution in [2.24, 2.45) is 0 Å². The Hall–Kier alpha value is -2.28. The predicted molar refractivity (Wildman–Crippen MR) is 71.4 cm³/mol. The number of aromatic amines is 1. The molecule has 3 atom stereocenters. The van der Waals surface area contributed by atoms with Gasteiger partial charge >= 0.3 is 5.69 Å². The van der Waals surface area contributed by atoms with E-state index in [4.69, 9.17) is 15.1 Å². The number of rotatable bonds is 3. The maximum atomic E-state index is 14.4. The Morgan fingerprint density at radius 3 is 2.95 bits per heavy atom. The molecule has 0 bridgehead atoms. The van der Waals surface area contributed by atoms with E-state index in [-0.39, 0.29) is 5.56 Å². The summed E-state index contributed by atoms with van der Waals surface area (Å²) in [6.07, 6.45) is -1.15. The van der Waals surface area contributed by atoms with E-state index in [1.807, 2.05) is 4.98 Å². The minimum Gasteiger partial charge on any atom is -0.394 e. The molecule has 1 saturated heterocycles. The van der Waals surface area contributed by atoms with E-state index in [1.54, 1.807) is 0 Å². The van der Waals surface area contributed by atoms with Crippen LogP contribution < -0.4 is 11.2 Å². The van der Waals surface area contributed by atoms with Gasteiger partial charge in [-0.1, -0.05) is 0 Å². The first-order valence-electron chi connectivity index (χ1n) is 6.41. The lowest BCUT2D eigenvalue weighted by molar-refractivity contribution is -0.106. The Balaban J connectivity index is 2.70. The fraction of sp³-hybridized carbons (Fsp3) is 0.462. The number of aliphatic hydroxyl groups is 2. The third-order valence-electron chi connectivity index (χ3n) is 3.52. The molecule has 0 aliphatic carbocycles. The van der Waals surface area contributed by atoms with Crippen molar-refractivity contribution in [2.75, 3.05) is 6.61 Å². The fourth-order valence-corrected chi connectivity index (χ4v) is 2.38. The molecular weight excluding hydrogens is 297 g/mol. The minimum atomic E-state index is -2.09. The molecule has 0 unspecified atom stereocenters. The number of ether oxygens (including phenoxy) is 1. The second-order valence-corrected chi connectivity index (χ2v) is 4.96. The number of nitrogens with one attached hydrogen (secondary N) is 1. The van der Waals surface area contributed by atoms with Crippen LogP contribution in [0, 0.1) is 18.3 Å². The second kappa shape index (κ2) is 5.84. The van der Waals surface area contributed by atoms with E-state index < -0.39 is 48.0 Å². The molecule has 118 valence electrons. The van der Waals surface area contributed by atoms with Crippen LogP contribution in [-0.4, -0.2) is 38.6 Å². The van der Waals surface area contributed by atoms with E-state index in [0.717, 1.165) is 10.8 Å². The first-order chi connectivity index (χ1) is 10.4. The number of hydrogen-bond donors (Lipinski definition) is 3. The van der Waals surface area contributed by atoms with Gasteiger partial charge in [0.25, 0.3) is 5.56 Å². The molecule has 0 radical (unpaired) electrons. The lowest BCUT2D eigenvalue weighted by Gasteiger charge is -2.29. The number of aromatic nitrogens is 2. The van der Waals surface area contributed by atoms with Crippen LogP contribution in [0.5, 0.6) is 0 Å². The van der Waals surface area contributed by atoms with E-state index >= 15 is 0 Å². The average Bonchev–Trinajstić information content (AvgIpc) is 2.81. The molecule has 8 nitrogen and oxygen atoms in total. The molecule has 0 amide bonds. The summed E-state index contributed by atoms with van der Waals surface area (Å²) in [5, 5.41) is 27.7. The zero-order valence-corrected chi connectivity index (χ0v) is 11.6. The summed E-state index contributed by atoms with van der Waals surface area (Å²) in [5.41, 5.74) is -3.57. The zero-order chi connectivity index (χ0) is 16.5. The molecule has 1 aromatic rings. The largest absolute Gasteiger partial charge is 0.394 e. The quantitative estimate of drug-likeness (QED) is 0.615. The highest BCUT2D eigenvalue weighted by Crippen LogP contribution is 2.40. The Kier molecular flexibility index (Phi) is 4.27. The van der Waals surface area contributed by atoms with Crippen LogP contribution in [0.3, 0.4) is 0 Å². The topological polar surface area (TPSA) is 128 Å². The number of allylic oxidation sites excluding steroid dienone is 1. The minimum absolute atomic E-state index is 0.120. The van der Waals surface area contributed by atoms with Gasteiger partial charge in [0.15, 0.2) is 5.83 Å². The van der Waals surface area contributed by atoms with Crippen molar-refractivity contribution in [3.8, 4) is 6.07 Å². The van der Waals surface area contributed by atoms with Crippen LogP contribution >= 0.6 is 0 Å². The molecular formula is C13H14FN3O5. The summed E-state index contributed by atoms with van der Waals surface area (Å²) in [6.45, 7) is 0.809. The summed E-state index contributed by atoms with van der Waals surface area (Å²) >= 11 is 0. The van der Waals surface area contributed by atoms with Gasteiger partial charge in [0, 0.05) is 18.2 Å². The van der Waals surface area contributed by atoms with Gasteiger partial charge < -0.3 is 14.9 Å². The van der Waals surface area contributed by atoms with E-state index in [2.05, 4.69) is 0 Å². The molecule has 0 saturated carbocycles. The Bertz CT molecular complexity index is 762. The van der Waals surface area contributed by atoms with E-state index in [9.17, 15) is 19.1 Å². The van der Waals surface area contributed by atoms with Crippen molar-refractivity contribution in [3.63, 3.8) is 0 Å².